The molecule has 37 heavy (non-hydrogen) atoms. The molecule has 0 saturated carbocycles. The molecule has 0 saturated heterocycles. The summed E-state index contributed by atoms with van der Waals surface area (Å²) in [6.45, 7) is 1.82. The number of nitrogens with one attached hydrogen (secondary N) is 2. The molecular formula is C28H22ClFN4O3. The Kier molecular flexibility index (Phi) is 6.27. The molecule has 1 aromatic heterocycles. The van der Waals surface area contributed by atoms with E-state index in [2.05, 4.69) is 10.6 Å². The first-order chi connectivity index (χ1) is 17.8. The van der Waals surface area contributed by atoms with Crippen LogP contribution in [0.4, 0.5) is 20.6 Å². The number of amides is 3. The van der Waals surface area contributed by atoms with Gasteiger partial charge in [-0.05, 0) is 60.5 Å². The van der Waals surface area contributed by atoms with E-state index in [4.69, 9.17) is 11.6 Å². The van der Waals surface area contributed by atoms with E-state index in [9.17, 15) is 14.4 Å². The number of benzene rings is 3. The second kappa shape index (κ2) is 9.55. The van der Waals surface area contributed by atoms with Crippen molar-refractivity contribution in [3.8, 4) is 5.69 Å². The number of hydrogen-bond acceptors (Lipinski definition) is 3. The van der Waals surface area contributed by atoms with Gasteiger partial charge in [0.25, 0.3) is 11.5 Å². The van der Waals surface area contributed by atoms with Gasteiger partial charge in [-0.2, -0.15) is 0 Å². The predicted octanol–water partition coefficient (Wildman–Crippen LogP) is 5.53. The summed E-state index contributed by atoms with van der Waals surface area (Å²) >= 11 is 5.94. The van der Waals surface area contributed by atoms with Crippen LogP contribution in [-0.4, -0.2) is 21.4 Å². The van der Waals surface area contributed by atoms with E-state index in [1.54, 1.807) is 55.5 Å². The third-order valence-corrected chi connectivity index (χ3v) is 6.75. The fourth-order valence-electron chi connectivity index (χ4n) is 4.49. The number of aromatic nitrogens is 1. The van der Waals surface area contributed by atoms with Crippen LogP contribution in [0, 0.1) is 5.82 Å². The lowest BCUT2D eigenvalue weighted by Crippen LogP contribution is -2.52. The molecule has 3 aromatic carbocycles. The van der Waals surface area contributed by atoms with Crippen LogP contribution >= 0.6 is 11.6 Å². The molecule has 5 rings (SSSR count). The van der Waals surface area contributed by atoms with Crippen molar-refractivity contribution in [2.45, 2.75) is 19.0 Å². The quantitative estimate of drug-likeness (QED) is 0.374. The molecule has 0 bridgehead atoms. The van der Waals surface area contributed by atoms with Crippen LogP contribution in [0.2, 0.25) is 5.02 Å². The number of anilines is 2. The van der Waals surface area contributed by atoms with Gasteiger partial charge in [0.15, 0.2) is 0 Å². The maximum Gasteiger partial charge on any atom is 0.323 e. The fraction of sp³-hybridized carbons (Fsp3) is 0.107. The lowest BCUT2D eigenvalue weighted by molar-refractivity contribution is -0.125. The van der Waals surface area contributed by atoms with Crippen LogP contribution in [0.25, 0.3) is 5.69 Å². The molecule has 1 atom stereocenters. The van der Waals surface area contributed by atoms with E-state index in [1.807, 2.05) is 12.1 Å². The molecule has 2 N–H and O–H groups in total. The largest absolute Gasteiger partial charge is 0.323 e. The summed E-state index contributed by atoms with van der Waals surface area (Å²) in [5.74, 6) is -1.29. The molecule has 0 aliphatic carbocycles. The zero-order valence-corrected chi connectivity index (χ0v) is 20.5. The second-order valence-corrected chi connectivity index (χ2v) is 9.22. The standard InChI is InChI=1S/C28H22ClFN4O3/c1-28(26(36)32-24-14-13-21(16-23(24)30)33-15-5-4-8-25(33)35)22-7-3-2-6-18(22)17-34(28)27(37)31-20-11-9-19(29)10-12-20/h2-16H,17H2,1H3,(H,31,37)(H,32,36)/t28-/m0/s1. The molecule has 1 aliphatic heterocycles. The first-order valence-electron chi connectivity index (χ1n) is 11.5. The summed E-state index contributed by atoms with van der Waals surface area (Å²) in [6, 6.07) is 22.1. The van der Waals surface area contributed by atoms with Crippen LogP contribution < -0.4 is 16.2 Å². The molecule has 0 fully saturated rings. The molecule has 0 spiro atoms. The van der Waals surface area contributed by atoms with Crippen molar-refractivity contribution in [3.05, 3.63) is 123 Å². The Morgan fingerprint density at radius 1 is 0.946 bits per heavy atom. The van der Waals surface area contributed by atoms with E-state index < -0.39 is 23.3 Å². The van der Waals surface area contributed by atoms with Crippen molar-refractivity contribution >= 4 is 34.9 Å². The number of urea groups is 1. The van der Waals surface area contributed by atoms with Gasteiger partial charge in [-0.25, -0.2) is 9.18 Å². The number of hydrogen-bond donors (Lipinski definition) is 2. The molecule has 2 heterocycles. The van der Waals surface area contributed by atoms with Crippen LogP contribution in [0.15, 0.2) is 95.9 Å². The minimum absolute atomic E-state index is 0.0682. The Morgan fingerprint density at radius 3 is 2.41 bits per heavy atom. The Morgan fingerprint density at radius 2 is 1.68 bits per heavy atom. The number of halogens is 2. The summed E-state index contributed by atoms with van der Waals surface area (Å²) in [5, 5.41) is 5.98. The van der Waals surface area contributed by atoms with Crippen molar-refractivity contribution in [2.75, 3.05) is 10.6 Å². The number of carbonyl (C=O) groups excluding carboxylic acids is 2. The monoisotopic (exact) mass is 516 g/mol. The van der Waals surface area contributed by atoms with Gasteiger partial charge >= 0.3 is 6.03 Å². The molecule has 4 aromatic rings. The van der Waals surface area contributed by atoms with E-state index >= 15 is 4.39 Å². The van der Waals surface area contributed by atoms with E-state index in [0.717, 1.165) is 5.56 Å². The SMILES string of the molecule is C[C@@]1(C(=O)Nc2ccc(-n3ccccc3=O)cc2F)c2ccccc2CN1C(=O)Nc1ccc(Cl)cc1. The first kappa shape index (κ1) is 24.3. The second-order valence-electron chi connectivity index (χ2n) is 8.78. The van der Waals surface area contributed by atoms with Crippen molar-refractivity contribution < 1.29 is 14.0 Å². The van der Waals surface area contributed by atoms with Gasteiger partial charge in [-0.1, -0.05) is 41.9 Å². The van der Waals surface area contributed by atoms with Crippen LogP contribution in [0.5, 0.6) is 0 Å². The summed E-state index contributed by atoms with van der Waals surface area (Å²) in [6.07, 6.45) is 1.53. The number of carbonyl (C=O) groups is 2. The fourth-order valence-corrected chi connectivity index (χ4v) is 4.62. The summed E-state index contributed by atoms with van der Waals surface area (Å²) in [7, 11) is 0. The van der Waals surface area contributed by atoms with Crippen molar-refractivity contribution in [1.29, 1.82) is 0 Å². The third-order valence-electron chi connectivity index (χ3n) is 6.49. The van der Waals surface area contributed by atoms with E-state index in [-0.39, 0.29) is 17.8 Å². The third kappa shape index (κ3) is 4.47. The predicted molar refractivity (Wildman–Crippen MR) is 140 cm³/mol. The average molecular weight is 517 g/mol. The van der Waals surface area contributed by atoms with Gasteiger partial charge in [0.1, 0.15) is 11.4 Å². The average Bonchev–Trinajstić information content (AvgIpc) is 3.21. The van der Waals surface area contributed by atoms with Crippen LogP contribution in [-0.2, 0) is 16.9 Å². The Hall–Kier alpha value is -4.43. The maximum atomic E-state index is 15.1. The van der Waals surface area contributed by atoms with Gasteiger partial charge in [0, 0.05) is 35.6 Å². The summed E-state index contributed by atoms with van der Waals surface area (Å²) in [4.78, 5) is 40.5. The normalized spacial score (nSPS) is 16.2. The summed E-state index contributed by atoms with van der Waals surface area (Å²) < 4.78 is 16.4. The van der Waals surface area contributed by atoms with Crippen molar-refractivity contribution in [2.24, 2.45) is 0 Å². The van der Waals surface area contributed by atoms with E-state index in [0.29, 0.717) is 22.0 Å². The lowest BCUT2D eigenvalue weighted by Gasteiger charge is -2.34. The van der Waals surface area contributed by atoms with Gasteiger partial charge in [0.05, 0.1) is 11.4 Å². The Bertz CT molecular complexity index is 1570. The summed E-state index contributed by atoms with van der Waals surface area (Å²) in [5.41, 5.74) is 0.498. The minimum atomic E-state index is -1.42. The molecule has 0 radical (unpaired) electrons. The van der Waals surface area contributed by atoms with Crippen molar-refractivity contribution in [1.82, 2.24) is 9.47 Å². The van der Waals surface area contributed by atoms with Gasteiger partial charge in [-0.3, -0.25) is 14.2 Å². The number of rotatable bonds is 4. The molecule has 3 amide bonds. The molecule has 7 nitrogen and oxygen atoms in total. The zero-order valence-electron chi connectivity index (χ0n) is 19.7. The molecule has 186 valence electrons. The molecule has 9 heteroatoms. The first-order valence-corrected chi connectivity index (χ1v) is 11.9. The van der Waals surface area contributed by atoms with Crippen LogP contribution in [0.3, 0.4) is 0 Å². The Labute approximate surface area is 217 Å². The topological polar surface area (TPSA) is 83.4 Å². The highest BCUT2D eigenvalue weighted by Crippen LogP contribution is 2.40. The van der Waals surface area contributed by atoms with Gasteiger partial charge in [0.2, 0.25) is 0 Å². The molecule has 1 aliphatic rings. The highest BCUT2D eigenvalue weighted by atomic mass is 35.5. The van der Waals surface area contributed by atoms with Crippen molar-refractivity contribution in [3.63, 3.8) is 0 Å². The molecule has 0 unspecified atom stereocenters. The minimum Gasteiger partial charge on any atom is -0.321 e. The van der Waals surface area contributed by atoms with E-state index in [1.165, 1.54) is 39.9 Å². The molecular weight excluding hydrogens is 495 g/mol. The smallest absolute Gasteiger partial charge is 0.321 e. The zero-order chi connectivity index (χ0) is 26.2. The van der Waals surface area contributed by atoms with Gasteiger partial charge < -0.3 is 15.5 Å². The Balaban J connectivity index is 1.45. The highest BCUT2D eigenvalue weighted by Gasteiger charge is 2.49. The maximum absolute atomic E-state index is 15.1. The highest BCUT2D eigenvalue weighted by molar-refractivity contribution is 6.30. The lowest BCUT2D eigenvalue weighted by atomic mass is 9.90. The number of fused-ring (bicyclic) bond motifs is 1. The number of nitrogens with zero attached hydrogens (tertiary/aromatic N) is 2. The van der Waals surface area contributed by atoms with Crippen LogP contribution in [0.1, 0.15) is 18.1 Å². The number of pyridine rings is 1. The van der Waals surface area contributed by atoms with Gasteiger partial charge in [-0.15, -0.1) is 0 Å².